The van der Waals surface area contributed by atoms with Crippen LogP contribution in [0.4, 0.5) is 10.8 Å². The Labute approximate surface area is 162 Å². The van der Waals surface area contributed by atoms with Gasteiger partial charge in [-0.1, -0.05) is 25.2 Å². The average molecular weight is 390 g/mol. The van der Waals surface area contributed by atoms with Crippen LogP contribution in [0, 0.1) is 0 Å². The van der Waals surface area contributed by atoms with Crippen LogP contribution in [0.3, 0.4) is 0 Å². The Morgan fingerprint density at radius 3 is 2.96 bits per heavy atom. The van der Waals surface area contributed by atoms with Gasteiger partial charge in [-0.25, -0.2) is 4.98 Å². The Morgan fingerprint density at radius 2 is 2.19 bits per heavy atom. The zero-order valence-electron chi connectivity index (χ0n) is 15.5. The average Bonchev–Trinajstić information content (AvgIpc) is 2.96. The summed E-state index contributed by atoms with van der Waals surface area (Å²) in [6.45, 7) is 9.79. The number of rotatable bonds is 3. The molecule has 0 bridgehead atoms. The first-order chi connectivity index (χ1) is 12.3. The van der Waals surface area contributed by atoms with Gasteiger partial charge < -0.3 is 15.0 Å². The molecule has 7 heteroatoms. The van der Waals surface area contributed by atoms with Gasteiger partial charge in [0.05, 0.1) is 17.9 Å². The summed E-state index contributed by atoms with van der Waals surface area (Å²) in [5.41, 5.74) is 1.68. The second kappa shape index (κ2) is 6.46. The zero-order valence-corrected chi connectivity index (χ0v) is 17.1. The molecule has 0 saturated heterocycles. The Bertz CT molecular complexity index is 860. The number of aromatic nitrogens is 1. The lowest BCUT2D eigenvalue weighted by atomic mass is 9.94. The molecule has 1 N–H and O–H groups in total. The maximum absolute atomic E-state index is 12.4. The molecule has 3 heterocycles. The summed E-state index contributed by atoms with van der Waals surface area (Å²) in [6.07, 6.45) is 0.756. The third kappa shape index (κ3) is 3.30. The number of carbonyl (C=O) groups excluding carboxylic acids is 1. The van der Waals surface area contributed by atoms with Crippen molar-refractivity contribution in [2.24, 2.45) is 0 Å². The van der Waals surface area contributed by atoms with Crippen LogP contribution in [0.1, 0.15) is 43.1 Å². The number of carbonyl (C=O) groups is 1. The first-order valence-corrected chi connectivity index (χ1v) is 10.6. The minimum Gasteiger partial charge on any atom is -0.489 e. The van der Waals surface area contributed by atoms with Crippen LogP contribution in [0.5, 0.6) is 5.75 Å². The quantitative estimate of drug-likeness (QED) is 0.796. The Kier molecular flexibility index (Phi) is 4.39. The zero-order chi connectivity index (χ0) is 18.5. The molecular formula is C19H23N3O2S2. The van der Waals surface area contributed by atoms with E-state index in [0.717, 1.165) is 40.1 Å². The van der Waals surface area contributed by atoms with Crippen molar-refractivity contribution >= 4 is 39.8 Å². The largest absolute Gasteiger partial charge is 0.489 e. The van der Waals surface area contributed by atoms with Crippen molar-refractivity contribution in [1.82, 2.24) is 10.3 Å². The van der Waals surface area contributed by atoms with Crippen molar-refractivity contribution in [3.8, 4) is 5.75 Å². The molecule has 0 aliphatic carbocycles. The van der Waals surface area contributed by atoms with E-state index >= 15 is 0 Å². The molecule has 5 nitrogen and oxygen atoms in total. The number of anilines is 2. The topological polar surface area (TPSA) is 54.5 Å². The van der Waals surface area contributed by atoms with Gasteiger partial charge in [-0.3, -0.25) is 4.79 Å². The van der Waals surface area contributed by atoms with Gasteiger partial charge in [-0.15, -0.1) is 11.8 Å². The van der Waals surface area contributed by atoms with Gasteiger partial charge >= 0.3 is 0 Å². The van der Waals surface area contributed by atoms with E-state index in [1.807, 2.05) is 25.6 Å². The lowest BCUT2D eigenvalue weighted by Gasteiger charge is -2.29. The van der Waals surface area contributed by atoms with E-state index in [1.54, 1.807) is 0 Å². The summed E-state index contributed by atoms with van der Waals surface area (Å²) in [5.74, 6) is 0.872. The van der Waals surface area contributed by atoms with E-state index in [0.29, 0.717) is 11.9 Å². The number of fused-ring (bicyclic) bond motifs is 2. The molecule has 0 spiro atoms. The number of hydrogen-bond donors (Lipinski definition) is 1. The maximum Gasteiger partial charge on any atom is 0.263 e. The van der Waals surface area contributed by atoms with Crippen molar-refractivity contribution in [1.29, 1.82) is 0 Å². The second-order valence-corrected chi connectivity index (χ2v) is 10.2. The SMILES string of the molecule is CC(C)Sc1ccc2c(c1)OCCN2c1nc2c(s1)C(=O)NC(C)(C)C2. The maximum atomic E-state index is 12.4. The highest BCUT2D eigenvalue weighted by Crippen LogP contribution is 2.42. The highest BCUT2D eigenvalue weighted by molar-refractivity contribution is 7.99. The third-order valence-electron chi connectivity index (χ3n) is 4.35. The molecule has 4 rings (SSSR count). The number of hydrogen-bond acceptors (Lipinski definition) is 6. The standard InChI is InChI=1S/C19H23N3O2S2/c1-11(2)25-12-5-6-14-15(9-12)24-8-7-22(14)18-20-13-10-19(3,4)21-17(23)16(13)26-18/h5-6,9,11H,7-8,10H2,1-4H3,(H,21,23). The van der Waals surface area contributed by atoms with Crippen LogP contribution < -0.4 is 15.0 Å². The summed E-state index contributed by atoms with van der Waals surface area (Å²) in [6, 6.07) is 6.34. The number of amides is 1. The normalized spacial score (nSPS) is 18.2. The fourth-order valence-corrected chi connectivity index (χ4v) is 5.21. The van der Waals surface area contributed by atoms with Gasteiger partial charge in [0, 0.05) is 22.1 Å². The van der Waals surface area contributed by atoms with Gasteiger partial charge in [-0.2, -0.15) is 0 Å². The predicted octanol–water partition coefficient (Wildman–Crippen LogP) is 4.24. The van der Waals surface area contributed by atoms with Gasteiger partial charge in [0.15, 0.2) is 5.13 Å². The number of thioether (sulfide) groups is 1. The number of nitrogens with one attached hydrogen (secondary N) is 1. The Hall–Kier alpha value is -1.73. The molecule has 138 valence electrons. The van der Waals surface area contributed by atoms with Crippen LogP contribution >= 0.6 is 23.1 Å². The van der Waals surface area contributed by atoms with Crippen molar-refractivity contribution in [3.63, 3.8) is 0 Å². The third-order valence-corrected chi connectivity index (χ3v) is 6.47. The molecule has 26 heavy (non-hydrogen) atoms. The summed E-state index contributed by atoms with van der Waals surface area (Å²) in [7, 11) is 0. The molecule has 0 fully saturated rings. The van der Waals surface area contributed by atoms with Crippen molar-refractivity contribution in [3.05, 3.63) is 28.8 Å². The second-order valence-electron chi connectivity index (χ2n) is 7.58. The smallest absolute Gasteiger partial charge is 0.263 e. The molecule has 0 radical (unpaired) electrons. The lowest BCUT2D eigenvalue weighted by Crippen LogP contribution is -2.48. The molecule has 2 aliphatic rings. The molecule has 1 aromatic carbocycles. The minimum absolute atomic E-state index is 0.0165. The number of benzene rings is 1. The van der Waals surface area contributed by atoms with E-state index in [2.05, 4.69) is 42.3 Å². The summed E-state index contributed by atoms with van der Waals surface area (Å²) < 4.78 is 5.90. The Morgan fingerprint density at radius 1 is 1.38 bits per heavy atom. The van der Waals surface area contributed by atoms with E-state index < -0.39 is 0 Å². The van der Waals surface area contributed by atoms with Crippen LogP contribution in [0.25, 0.3) is 0 Å². The molecule has 1 aromatic heterocycles. The predicted molar refractivity (Wildman–Crippen MR) is 107 cm³/mol. The molecule has 2 aromatic rings. The van der Waals surface area contributed by atoms with Crippen LogP contribution in [0.15, 0.2) is 23.1 Å². The fourth-order valence-electron chi connectivity index (χ4n) is 3.32. The molecular weight excluding hydrogens is 366 g/mol. The van der Waals surface area contributed by atoms with Crippen LogP contribution in [0.2, 0.25) is 0 Å². The van der Waals surface area contributed by atoms with E-state index in [9.17, 15) is 4.79 Å². The van der Waals surface area contributed by atoms with E-state index in [-0.39, 0.29) is 11.4 Å². The van der Waals surface area contributed by atoms with Gasteiger partial charge in [-0.05, 0) is 32.0 Å². The van der Waals surface area contributed by atoms with Crippen molar-refractivity contribution in [2.45, 2.75) is 49.8 Å². The van der Waals surface area contributed by atoms with E-state index in [1.165, 1.54) is 16.2 Å². The monoisotopic (exact) mass is 389 g/mol. The first-order valence-electron chi connectivity index (χ1n) is 8.86. The van der Waals surface area contributed by atoms with Gasteiger partial charge in [0.1, 0.15) is 17.2 Å². The molecule has 0 unspecified atom stereocenters. The van der Waals surface area contributed by atoms with Crippen molar-refractivity contribution in [2.75, 3.05) is 18.1 Å². The van der Waals surface area contributed by atoms with Gasteiger partial charge in [0.2, 0.25) is 0 Å². The number of nitrogens with zero attached hydrogens (tertiary/aromatic N) is 2. The van der Waals surface area contributed by atoms with E-state index in [4.69, 9.17) is 9.72 Å². The molecule has 1 amide bonds. The first kappa shape index (κ1) is 17.7. The van der Waals surface area contributed by atoms with Gasteiger partial charge in [0.25, 0.3) is 5.91 Å². The number of thiazole rings is 1. The van der Waals surface area contributed by atoms with Crippen molar-refractivity contribution < 1.29 is 9.53 Å². The summed E-state index contributed by atoms with van der Waals surface area (Å²) in [5, 5.41) is 4.46. The fraction of sp³-hybridized carbons (Fsp3) is 0.474. The minimum atomic E-state index is -0.249. The Balaban J connectivity index is 1.68. The molecule has 2 aliphatic heterocycles. The van der Waals surface area contributed by atoms with Crippen LogP contribution in [-0.4, -0.2) is 34.8 Å². The highest BCUT2D eigenvalue weighted by Gasteiger charge is 2.34. The van der Waals surface area contributed by atoms with Crippen LogP contribution in [-0.2, 0) is 6.42 Å². The molecule has 0 atom stereocenters. The lowest BCUT2D eigenvalue weighted by molar-refractivity contribution is 0.0901. The summed E-state index contributed by atoms with van der Waals surface area (Å²) in [4.78, 5) is 21.3. The number of ether oxygens (including phenoxy) is 1. The summed E-state index contributed by atoms with van der Waals surface area (Å²) >= 11 is 3.30. The highest BCUT2D eigenvalue weighted by atomic mass is 32.2. The molecule has 0 saturated carbocycles.